The van der Waals surface area contributed by atoms with E-state index in [9.17, 15) is 8.78 Å². The monoisotopic (exact) mass is 249 g/mol. The molecule has 4 heteroatoms. The van der Waals surface area contributed by atoms with Crippen LogP contribution in [0.2, 0.25) is 0 Å². The lowest BCUT2D eigenvalue weighted by molar-refractivity contribution is 0.300. The maximum atomic E-state index is 12.2. The van der Waals surface area contributed by atoms with Gasteiger partial charge in [0.15, 0.2) is 0 Å². The summed E-state index contributed by atoms with van der Waals surface area (Å²) in [5, 5.41) is 0. The van der Waals surface area contributed by atoms with Crippen LogP contribution in [0, 0.1) is 6.92 Å². The molecule has 0 aliphatic heterocycles. The van der Waals surface area contributed by atoms with Gasteiger partial charge in [0.2, 0.25) is 3.49 Å². The van der Waals surface area contributed by atoms with Crippen molar-refractivity contribution >= 4 is 31.9 Å². The Balaban J connectivity index is 3.39. The molecule has 8 heavy (non-hydrogen) atoms. The largest absolute Gasteiger partial charge is 0.247 e. The van der Waals surface area contributed by atoms with Crippen LogP contribution in [0.1, 0.15) is 6.42 Å². The molecule has 0 aliphatic carbocycles. The van der Waals surface area contributed by atoms with Gasteiger partial charge in [0.05, 0.1) is 0 Å². The Labute approximate surface area is 63.9 Å². The Morgan fingerprint density at radius 1 is 1.62 bits per heavy atom. The Hall–Kier alpha value is 0.820. The molecule has 0 aliphatic rings. The van der Waals surface area contributed by atoms with E-state index >= 15 is 0 Å². The molecule has 0 fully saturated rings. The molecule has 0 rings (SSSR count). The van der Waals surface area contributed by atoms with Crippen LogP contribution < -0.4 is 0 Å². The highest BCUT2D eigenvalue weighted by molar-refractivity contribution is 9.25. The second kappa shape index (κ2) is 3.11. The van der Waals surface area contributed by atoms with Gasteiger partial charge in [0.1, 0.15) is 6.17 Å². The number of alkyl halides is 4. The highest BCUT2D eigenvalue weighted by atomic mass is 79.9. The molecule has 0 heterocycles. The quantitative estimate of drug-likeness (QED) is 0.661. The van der Waals surface area contributed by atoms with E-state index in [1.165, 1.54) is 0 Å². The molecule has 0 saturated carbocycles. The van der Waals surface area contributed by atoms with E-state index in [0.29, 0.717) is 0 Å². The summed E-state index contributed by atoms with van der Waals surface area (Å²) < 4.78 is 22.2. The third-order valence-corrected chi connectivity index (χ3v) is 1.10. The van der Waals surface area contributed by atoms with Crippen molar-refractivity contribution < 1.29 is 8.78 Å². The van der Waals surface area contributed by atoms with Gasteiger partial charge in [-0.25, -0.2) is 8.78 Å². The number of hydrogen-bond acceptors (Lipinski definition) is 0. The van der Waals surface area contributed by atoms with E-state index in [1.807, 2.05) is 0 Å². The van der Waals surface area contributed by atoms with Crippen LogP contribution in [-0.4, -0.2) is 9.66 Å². The number of halogens is 4. The van der Waals surface area contributed by atoms with E-state index in [-0.39, 0.29) is 6.42 Å². The van der Waals surface area contributed by atoms with Crippen molar-refractivity contribution in [3.05, 3.63) is 6.92 Å². The van der Waals surface area contributed by atoms with Crippen molar-refractivity contribution in [1.82, 2.24) is 0 Å². The van der Waals surface area contributed by atoms with Gasteiger partial charge >= 0.3 is 0 Å². The summed E-state index contributed by atoms with van der Waals surface area (Å²) in [6, 6.07) is 0. The summed E-state index contributed by atoms with van der Waals surface area (Å²) in [6.45, 7) is 2.96. The van der Waals surface area contributed by atoms with Gasteiger partial charge in [-0.15, -0.1) is 0 Å². The Morgan fingerprint density at radius 3 is 2.00 bits per heavy atom. The first kappa shape index (κ1) is 8.82. The maximum Gasteiger partial charge on any atom is 0.221 e. The van der Waals surface area contributed by atoms with Crippen LogP contribution in [0.15, 0.2) is 0 Å². The van der Waals surface area contributed by atoms with Crippen molar-refractivity contribution in [2.24, 2.45) is 0 Å². The van der Waals surface area contributed by atoms with Gasteiger partial charge in [0, 0.05) is 6.42 Å². The summed E-state index contributed by atoms with van der Waals surface area (Å²) in [6.07, 6.45) is -1.66. The third kappa shape index (κ3) is 6.82. The molecule has 0 saturated heterocycles. The molecule has 0 nitrogen and oxygen atoms in total. The van der Waals surface area contributed by atoms with Gasteiger partial charge in [-0.05, 0) is 38.8 Å². The van der Waals surface area contributed by atoms with Gasteiger partial charge in [-0.2, -0.15) is 0 Å². The van der Waals surface area contributed by atoms with Crippen molar-refractivity contribution in [1.29, 1.82) is 0 Å². The van der Waals surface area contributed by atoms with Crippen molar-refractivity contribution in [3.63, 3.8) is 0 Å². The minimum Gasteiger partial charge on any atom is -0.247 e. The Morgan fingerprint density at radius 2 is 2.00 bits per heavy atom. The van der Waals surface area contributed by atoms with E-state index in [0.717, 1.165) is 0 Å². The predicted molar refractivity (Wildman–Crippen MR) is 36.6 cm³/mol. The number of rotatable bonds is 2. The highest BCUT2D eigenvalue weighted by Gasteiger charge is 2.23. The van der Waals surface area contributed by atoms with Crippen LogP contribution >= 0.6 is 31.9 Å². The van der Waals surface area contributed by atoms with Crippen molar-refractivity contribution in [2.75, 3.05) is 0 Å². The molecular formula is C4H5Br2F2. The Bertz CT molecular complexity index is 66.9. The fourth-order valence-electron chi connectivity index (χ4n) is 0.251. The van der Waals surface area contributed by atoms with Crippen LogP contribution in [0.5, 0.6) is 0 Å². The fourth-order valence-corrected chi connectivity index (χ4v) is 0.954. The summed E-state index contributed by atoms with van der Waals surface area (Å²) in [5.41, 5.74) is 0. The fraction of sp³-hybridized carbons (Fsp3) is 0.750. The second-order valence-corrected chi connectivity index (χ2v) is 4.99. The van der Waals surface area contributed by atoms with Crippen LogP contribution in [0.3, 0.4) is 0 Å². The number of hydrogen-bond donors (Lipinski definition) is 0. The lowest BCUT2D eigenvalue weighted by atomic mass is 10.3. The lowest BCUT2D eigenvalue weighted by Gasteiger charge is -2.08. The molecule has 0 amide bonds. The summed E-state index contributed by atoms with van der Waals surface area (Å²) in [7, 11) is 0. The zero-order chi connectivity index (χ0) is 6.78. The predicted octanol–water partition coefficient (Wildman–Crippen LogP) is 2.96. The van der Waals surface area contributed by atoms with E-state index in [1.54, 1.807) is 0 Å². The average Bonchev–Trinajstić information content (AvgIpc) is 1.21. The zero-order valence-electron chi connectivity index (χ0n) is 4.00. The summed E-state index contributed by atoms with van der Waals surface area (Å²) >= 11 is 5.10. The van der Waals surface area contributed by atoms with Crippen molar-refractivity contribution in [3.8, 4) is 0 Å². The molecule has 0 aromatic rings. The molecule has 0 spiro atoms. The van der Waals surface area contributed by atoms with E-state index in [2.05, 4.69) is 38.8 Å². The first-order chi connectivity index (χ1) is 3.42. The molecular weight excluding hydrogens is 246 g/mol. The first-order valence-electron chi connectivity index (χ1n) is 1.96. The molecule has 1 atom stereocenters. The van der Waals surface area contributed by atoms with Gasteiger partial charge in [-0.3, -0.25) is 0 Å². The van der Waals surface area contributed by atoms with Crippen molar-refractivity contribution in [2.45, 2.75) is 16.1 Å². The lowest BCUT2D eigenvalue weighted by Crippen LogP contribution is -2.08. The van der Waals surface area contributed by atoms with Gasteiger partial charge in [-0.1, -0.05) is 0 Å². The highest BCUT2D eigenvalue weighted by Crippen LogP contribution is 2.33. The third-order valence-electron chi connectivity index (χ3n) is 0.453. The van der Waals surface area contributed by atoms with Gasteiger partial charge in [0.25, 0.3) is 0 Å². The molecule has 49 valence electrons. The van der Waals surface area contributed by atoms with E-state index < -0.39 is 9.66 Å². The Kier molecular flexibility index (Phi) is 3.43. The maximum absolute atomic E-state index is 12.2. The van der Waals surface area contributed by atoms with Crippen LogP contribution in [-0.2, 0) is 0 Å². The summed E-state index contributed by atoms with van der Waals surface area (Å²) in [4.78, 5) is 0. The first-order valence-corrected chi connectivity index (χ1v) is 3.54. The minimum absolute atomic E-state index is 0.285. The second-order valence-electron chi connectivity index (χ2n) is 1.42. The van der Waals surface area contributed by atoms with Gasteiger partial charge < -0.3 is 0 Å². The smallest absolute Gasteiger partial charge is 0.221 e. The standard InChI is InChI=1S/C4H5Br2F2/c1-3(7)2-4(5,6)8/h3H,1-2H2. The molecule has 0 bridgehead atoms. The van der Waals surface area contributed by atoms with Crippen LogP contribution in [0.4, 0.5) is 8.78 Å². The topological polar surface area (TPSA) is 0 Å². The molecule has 0 aromatic carbocycles. The molecule has 1 unspecified atom stereocenters. The minimum atomic E-state index is -1.79. The molecule has 0 N–H and O–H groups in total. The van der Waals surface area contributed by atoms with E-state index in [4.69, 9.17) is 0 Å². The molecule has 1 radical (unpaired) electrons. The summed E-state index contributed by atoms with van der Waals surface area (Å²) in [5.74, 6) is 0. The van der Waals surface area contributed by atoms with Crippen LogP contribution in [0.25, 0.3) is 0 Å². The average molecular weight is 251 g/mol. The zero-order valence-corrected chi connectivity index (χ0v) is 7.18. The normalized spacial score (nSPS) is 16.1. The SMILES string of the molecule is [CH2]C(F)CC(F)(Br)Br. The molecule has 0 aromatic heterocycles.